The number of ether oxygens (including phenoxy) is 2. The van der Waals surface area contributed by atoms with Crippen molar-refractivity contribution in [2.75, 3.05) is 19.8 Å². The van der Waals surface area contributed by atoms with E-state index >= 15 is 0 Å². The molecule has 4 aliphatic rings. The van der Waals surface area contributed by atoms with Crippen LogP contribution >= 0.6 is 0 Å². The van der Waals surface area contributed by atoms with E-state index in [1.54, 1.807) is 49.3 Å². The van der Waals surface area contributed by atoms with E-state index in [0.29, 0.717) is 24.0 Å². The molecule has 5 rings (SSSR count). The number of hydrogen-bond acceptors (Lipinski definition) is 7. The lowest BCUT2D eigenvalue weighted by Gasteiger charge is -2.36. The fourth-order valence-corrected chi connectivity index (χ4v) is 8.60. The SMILES string of the molecule is CCOC(=O)C1(C(=O)OCC)CC2=C(C)C(=O)[C@@H]3CCC[C@H]4[C@@H]3C(=C2C1)CN4S(=O)(=O)c1ccc(C)cc1. The molecular weight excluding hydrogens is 506 g/mol. The van der Waals surface area contributed by atoms with E-state index in [-0.39, 0.29) is 61.2 Å². The Bertz CT molecular complexity index is 1340. The largest absolute Gasteiger partial charge is 0.465 e. The third-order valence-corrected chi connectivity index (χ3v) is 10.7. The summed E-state index contributed by atoms with van der Waals surface area (Å²) in [5, 5.41) is 0. The van der Waals surface area contributed by atoms with Gasteiger partial charge in [0.15, 0.2) is 11.2 Å². The van der Waals surface area contributed by atoms with E-state index in [9.17, 15) is 22.8 Å². The molecule has 0 spiro atoms. The Labute approximate surface area is 224 Å². The number of carbonyl (C=O) groups excluding carboxylic acids is 3. The molecule has 1 aromatic rings. The Morgan fingerprint density at radius 3 is 2.18 bits per heavy atom. The second-order valence-electron chi connectivity index (χ2n) is 10.8. The van der Waals surface area contributed by atoms with Crippen molar-refractivity contribution in [3.63, 3.8) is 0 Å². The average Bonchev–Trinajstić information content (AvgIpc) is 3.47. The first-order valence-corrected chi connectivity index (χ1v) is 14.9. The van der Waals surface area contributed by atoms with Crippen LogP contribution in [0.4, 0.5) is 0 Å². The van der Waals surface area contributed by atoms with Gasteiger partial charge in [0.1, 0.15) is 0 Å². The Morgan fingerprint density at radius 2 is 1.58 bits per heavy atom. The smallest absolute Gasteiger partial charge is 0.324 e. The number of Topliss-reactive ketones (excluding diaryl/α,β-unsaturated/α-hetero) is 1. The van der Waals surface area contributed by atoms with Crippen molar-refractivity contribution in [3.8, 4) is 0 Å². The van der Waals surface area contributed by atoms with Crippen molar-refractivity contribution >= 4 is 27.7 Å². The van der Waals surface area contributed by atoms with E-state index in [2.05, 4.69) is 0 Å². The second-order valence-corrected chi connectivity index (χ2v) is 12.7. The maximum atomic E-state index is 13.9. The van der Waals surface area contributed by atoms with Gasteiger partial charge in [-0.05, 0) is 81.4 Å². The maximum Gasteiger partial charge on any atom is 0.324 e. The highest BCUT2D eigenvalue weighted by Gasteiger charge is 2.59. The summed E-state index contributed by atoms with van der Waals surface area (Å²) in [6.07, 6.45) is 2.19. The molecule has 9 heteroatoms. The van der Waals surface area contributed by atoms with Crippen LogP contribution in [0, 0.1) is 24.2 Å². The summed E-state index contributed by atoms with van der Waals surface area (Å²) in [5.41, 5.74) is 2.26. The monoisotopic (exact) mass is 541 g/mol. The number of rotatable bonds is 6. The van der Waals surface area contributed by atoms with Crippen molar-refractivity contribution in [2.45, 2.75) is 70.7 Å². The predicted molar refractivity (Wildman–Crippen MR) is 139 cm³/mol. The van der Waals surface area contributed by atoms with Crippen molar-refractivity contribution in [1.29, 1.82) is 0 Å². The molecule has 3 fully saturated rings. The molecule has 2 saturated carbocycles. The van der Waals surface area contributed by atoms with Crippen LogP contribution in [0.1, 0.15) is 58.4 Å². The molecule has 204 valence electrons. The van der Waals surface area contributed by atoms with Gasteiger partial charge in [-0.25, -0.2) is 8.42 Å². The molecule has 0 radical (unpaired) electrons. The highest BCUT2D eigenvalue weighted by molar-refractivity contribution is 7.89. The third kappa shape index (κ3) is 3.97. The zero-order valence-corrected chi connectivity index (χ0v) is 23.2. The van der Waals surface area contributed by atoms with E-state index in [1.807, 2.05) is 6.92 Å². The number of nitrogens with zero attached hydrogens (tertiary/aromatic N) is 1. The lowest BCUT2D eigenvalue weighted by molar-refractivity contribution is -0.171. The molecule has 38 heavy (non-hydrogen) atoms. The van der Waals surface area contributed by atoms with Gasteiger partial charge in [-0.15, -0.1) is 0 Å². The van der Waals surface area contributed by atoms with Crippen molar-refractivity contribution in [1.82, 2.24) is 4.31 Å². The van der Waals surface area contributed by atoms with Gasteiger partial charge in [0.2, 0.25) is 10.0 Å². The molecule has 1 aromatic carbocycles. The Hall–Kier alpha value is -2.78. The summed E-state index contributed by atoms with van der Waals surface area (Å²) in [6, 6.07) is 6.47. The number of allylic oxidation sites excluding steroid dienone is 3. The number of benzene rings is 1. The van der Waals surface area contributed by atoms with E-state index in [4.69, 9.17) is 9.47 Å². The zero-order valence-electron chi connectivity index (χ0n) is 22.4. The van der Waals surface area contributed by atoms with Gasteiger partial charge < -0.3 is 9.47 Å². The van der Waals surface area contributed by atoms with Gasteiger partial charge in [0.05, 0.1) is 18.1 Å². The molecule has 0 aromatic heterocycles. The summed E-state index contributed by atoms with van der Waals surface area (Å²) >= 11 is 0. The minimum atomic E-state index is -3.83. The van der Waals surface area contributed by atoms with Crippen LogP contribution in [0.25, 0.3) is 0 Å². The molecule has 0 N–H and O–H groups in total. The second kappa shape index (κ2) is 9.75. The molecule has 3 atom stereocenters. The maximum absolute atomic E-state index is 13.9. The molecule has 0 amide bonds. The minimum Gasteiger partial charge on any atom is -0.465 e. The molecule has 3 aliphatic carbocycles. The van der Waals surface area contributed by atoms with Gasteiger partial charge >= 0.3 is 11.9 Å². The van der Waals surface area contributed by atoms with Crippen LogP contribution < -0.4 is 0 Å². The zero-order chi connectivity index (χ0) is 27.4. The fraction of sp³-hybridized carbons (Fsp3) is 0.552. The van der Waals surface area contributed by atoms with E-state index < -0.39 is 27.4 Å². The standard InChI is InChI=1S/C29H35NO7S/c1-5-36-27(32)29(28(33)37-6-2)14-21-18(4)26(31)20-8-7-9-24-25(20)23(22(21)15-29)16-30(24)38(34,35)19-12-10-17(3)11-13-19/h10-13,20,24-25H,5-9,14-16H2,1-4H3/t20-,24+,25+/m1/s1. The number of aryl methyl sites for hydroxylation is 1. The van der Waals surface area contributed by atoms with Crippen LogP contribution in [0.5, 0.6) is 0 Å². The quantitative estimate of drug-likeness (QED) is 0.397. The van der Waals surface area contributed by atoms with Crippen LogP contribution in [0.15, 0.2) is 51.5 Å². The van der Waals surface area contributed by atoms with Crippen molar-refractivity contribution in [3.05, 3.63) is 52.1 Å². The Kier molecular flexibility index (Phi) is 6.88. The third-order valence-electron chi connectivity index (χ3n) is 8.79. The number of esters is 2. The van der Waals surface area contributed by atoms with Gasteiger partial charge in [0, 0.05) is 30.8 Å². The molecule has 1 heterocycles. The minimum absolute atomic E-state index is 0.0136. The number of fused-ring (bicyclic) bond motifs is 1. The lowest BCUT2D eigenvalue weighted by Crippen LogP contribution is -2.43. The van der Waals surface area contributed by atoms with Gasteiger partial charge in [0.25, 0.3) is 0 Å². The van der Waals surface area contributed by atoms with Gasteiger partial charge in [-0.1, -0.05) is 24.1 Å². The topological polar surface area (TPSA) is 107 Å². The van der Waals surface area contributed by atoms with Crippen molar-refractivity contribution in [2.24, 2.45) is 17.3 Å². The highest BCUT2D eigenvalue weighted by Crippen LogP contribution is 2.57. The summed E-state index contributed by atoms with van der Waals surface area (Å²) in [5.74, 6) is -1.93. The summed E-state index contributed by atoms with van der Waals surface area (Å²) in [6.45, 7) is 7.41. The number of carbonyl (C=O) groups is 3. The molecule has 1 saturated heterocycles. The van der Waals surface area contributed by atoms with E-state index in [0.717, 1.165) is 23.1 Å². The molecular formula is C29H35NO7S. The molecule has 0 unspecified atom stereocenters. The van der Waals surface area contributed by atoms with Crippen LogP contribution in [0.3, 0.4) is 0 Å². The van der Waals surface area contributed by atoms with Gasteiger partial charge in [-0.3, -0.25) is 14.4 Å². The normalized spacial score (nSPS) is 26.6. The number of sulfonamides is 1. The number of ketones is 1. The van der Waals surface area contributed by atoms with Crippen LogP contribution in [-0.2, 0) is 33.9 Å². The highest BCUT2D eigenvalue weighted by atomic mass is 32.2. The first kappa shape index (κ1) is 26.8. The summed E-state index contributed by atoms with van der Waals surface area (Å²) in [4.78, 5) is 40.6. The Morgan fingerprint density at radius 1 is 0.974 bits per heavy atom. The van der Waals surface area contributed by atoms with E-state index in [1.165, 1.54) is 0 Å². The predicted octanol–water partition coefficient (Wildman–Crippen LogP) is 3.89. The lowest BCUT2D eigenvalue weighted by atomic mass is 9.71. The first-order valence-electron chi connectivity index (χ1n) is 13.5. The average molecular weight is 542 g/mol. The summed E-state index contributed by atoms with van der Waals surface area (Å²) in [7, 11) is -3.83. The number of hydrogen-bond donors (Lipinski definition) is 0. The molecule has 1 aliphatic heterocycles. The first-order chi connectivity index (χ1) is 18.1. The fourth-order valence-electron chi connectivity index (χ4n) is 6.95. The van der Waals surface area contributed by atoms with Crippen LogP contribution in [-0.4, -0.2) is 56.2 Å². The molecule has 0 bridgehead atoms. The van der Waals surface area contributed by atoms with Crippen molar-refractivity contribution < 1.29 is 32.3 Å². The van der Waals surface area contributed by atoms with Gasteiger partial charge in [-0.2, -0.15) is 4.31 Å². The summed E-state index contributed by atoms with van der Waals surface area (Å²) < 4.78 is 40.0. The molecule has 8 nitrogen and oxygen atoms in total. The Balaban J connectivity index is 1.66. The van der Waals surface area contributed by atoms with Crippen LogP contribution in [0.2, 0.25) is 0 Å².